The number of fused-ring (bicyclic) bond motifs is 6. The van der Waals surface area contributed by atoms with Crippen molar-refractivity contribution in [3.8, 4) is 17.1 Å². The molecular weight excluding hydrogens is 390 g/mol. The van der Waals surface area contributed by atoms with Crippen LogP contribution < -0.4 is 4.57 Å². The van der Waals surface area contributed by atoms with Crippen LogP contribution in [0.15, 0.2) is 67.0 Å². The molecule has 0 bridgehead atoms. The molecule has 1 aliphatic rings. The lowest BCUT2D eigenvalue weighted by Gasteiger charge is -2.20. The van der Waals surface area contributed by atoms with Gasteiger partial charge in [-0.15, -0.1) is 0 Å². The molecule has 1 aliphatic heterocycles. The molecule has 0 fully saturated rings. The SMILES string of the molecule is CC(C)c1cc2c(c(C(C)C)c1-n1cc[n+]3c1-c1ccccc1C3)c1ccccc1n2C. The summed E-state index contributed by atoms with van der Waals surface area (Å²) in [4.78, 5) is 0. The minimum absolute atomic E-state index is 0.400. The topological polar surface area (TPSA) is 13.7 Å². The fourth-order valence-electron chi connectivity index (χ4n) is 5.70. The highest BCUT2D eigenvalue weighted by Crippen LogP contribution is 2.43. The molecule has 3 heterocycles. The number of hydrogen-bond acceptors (Lipinski definition) is 0. The number of imidazole rings is 1. The zero-order valence-corrected chi connectivity index (χ0v) is 19.6. The third-order valence-corrected chi connectivity index (χ3v) is 7.18. The molecule has 0 N–H and O–H groups in total. The smallest absolute Gasteiger partial charge is 0.294 e. The van der Waals surface area contributed by atoms with Gasteiger partial charge in [-0.2, -0.15) is 4.57 Å². The maximum absolute atomic E-state index is 2.47. The predicted octanol–water partition coefficient (Wildman–Crippen LogP) is 6.69. The summed E-state index contributed by atoms with van der Waals surface area (Å²) in [5.74, 6) is 2.12. The number of para-hydroxylation sites is 1. The molecule has 0 saturated heterocycles. The van der Waals surface area contributed by atoms with Crippen molar-refractivity contribution < 1.29 is 4.57 Å². The Bertz CT molecular complexity index is 1510. The van der Waals surface area contributed by atoms with Crippen LogP contribution in [0.3, 0.4) is 0 Å². The van der Waals surface area contributed by atoms with Crippen LogP contribution in [-0.2, 0) is 13.6 Å². The van der Waals surface area contributed by atoms with Gasteiger partial charge in [-0.25, -0.2) is 4.57 Å². The highest BCUT2D eigenvalue weighted by Gasteiger charge is 2.34. The Morgan fingerprint density at radius 3 is 2.41 bits per heavy atom. The second-order valence-corrected chi connectivity index (χ2v) is 9.78. The predicted molar refractivity (Wildman–Crippen MR) is 133 cm³/mol. The Kier molecular flexibility index (Phi) is 4.13. The van der Waals surface area contributed by atoms with Crippen molar-refractivity contribution in [2.45, 2.75) is 46.1 Å². The lowest BCUT2D eigenvalue weighted by molar-refractivity contribution is -0.671. The van der Waals surface area contributed by atoms with Gasteiger partial charge in [0.2, 0.25) is 0 Å². The van der Waals surface area contributed by atoms with Crippen LogP contribution in [0, 0.1) is 0 Å². The molecule has 0 amide bonds. The number of rotatable bonds is 3. The molecule has 0 atom stereocenters. The van der Waals surface area contributed by atoms with Gasteiger partial charge in [0.05, 0.1) is 5.56 Å². The summed E-state index contributed by atoms with van der Waals surface area (Å²) in [6.45, 7) is 10.3. The molecule has 160 valence electrons. The largest absolute Gasteiger partial charge is 0.344 e. The Morgan fingerprint density at radius 2 is 1.62 bits per heavy atom. The van der Waals surface area contributed by atoms with Crippen LogP contribution in [0.25, 0.3) is 38.9 Å². The van der Waals surface area contributed by atoms with Gasteiger partial charge in [0.25, 0.3) is 5.82 Å². The standard InChI is InChI=1S/C29H30N3/c1-18(2)23-16-25-27(22-12-8-9-13-24(22)30(25)5)26(19(3)4)28(23)32-15-14-31-17-20-10-6-7-11-21(20)29(31)32/h6-16,18-19H,17H2,1-5H3/q+1. The third-order valence-electron chi connectivity index (χ3n) is 7.18. The molecule has 3 nitrogen and oxygen atoms in total. The van der Waals surface area contributed by atoms with Crippen molar-refractivity contribution >= 4 is 21.8 Å². The minimum atomic E-state index is 0.400. The summed E-state index contributed by atoms with van der Waals surface area (Å²) in [6.07, 6.45) is 4.52. The average Bonchev–Trinajstić information content (AvgIpc) is 3.43. The van der Waals surface area contributed by atoms with Crippen LogP contribution in [0.1, 0.15) is 56.2 Å². The molecule has 2 aromatic heterocycles. The summed E-state index contributed by atoms with van der Waals surface area (Å²) in [5.41, 5.74) is 9.61. The molecule has 0 unspecified atom stereocenters. The van der Waals surface area contributed by atoms with Crippen LogP contribution in [0.5, 0.6) is 0 Å². The Balaban J connectivity index is 1.79. The zero-order chi connectivity index (χ0) is 22.1. The number of aromatic nitrogens is 3. The molecule has 0 radical (unpaired) electrons. The van der Waals surface area contributed by atoms with E-state index < -0.39 is 0 Å². The highest BCUT2D eigenvalue weighted by molar-refractivity contribution is 6.11. The fourth-order valence-corrected chi connectivity index (χ4v) is 5.70. The summed E-state index contributed by atoms with van der Waals surface area (Å²) in [6, 6.07) is 20.1. The van der Waals surface area contributed by atoms with Crippen molar-refractivity contribution in [3.63, 3.8) is 0 Å². The fraction of sp³-hybridized carbons (Fsp3) is 0.276. The monoisotopic (exact) mass is 420 g/mol. The summed E-state index contributed by atoms with van der Waals surface area (Å²) < 4.78 is 7.24. The van der Waals surface area contributed by atoms with Gasteiger partial charge >= 0.3 is 0 Å². The van der Waals surface area contributed by atoms with Crippen LogP contribution in [0.2, 0.25) is 0 Å². The highest BCUT2D eigenvalue weighted by atomic mass is 15.2. The summed E-state index contributed by atoms with van der Waals surface area (Å²) >= 11 is 0. The first-order valence-corrected chi connectivity index (χ1v) is 11.7. The zero-order valence-electron chi connectivity index (χ0n) is 19.6. The van der Waals surface area contributed by atoms with E-state index >= 15 is 0 Å². The molecule has 5 aromatic rings. The van der Waals surface area contributed by atoms with Crippen molar-refractivity contribution in [1.82, 2.24) is 9.13 Å². The van der Waals surface area contributed by atoms with Gasteiger partial charge in [-0.1, -0.05) is 64.1 Å². The number of aryl methyl sites for hydroxylation is 1. The van der Waals surface area contributed by atoms with E-state index in [-0.39, 0.29) is 0 Å². The second kappa shape index (κ2) is 6.83. The molecule has 3 heteroatoms. The Hall–Kier alpha value is -3.33. The normalized spacial score (nSPS) is 13.0. The van der Waals surface area contributed by atoms with Gasteiger partial charge in [-0.3, -0.25) is 0 Å². The van der Waals surface area contributed by atoms with E-state index in [4.69, 9.17) is 0 Å². The summed E-state index contributed by atoms with van der Waals surface area (Å²) in [5, 5.41) is 2.75. The van der Waals surface area contributed by atoms with Crippen LogP contribution in [0.4, 0.5) is 0 Å². The van der Waals surface area contributed by atoms with Gasteiger partial charge in [0.15, 0.2) is 0 Å². The average molecular weight is 421 g/mol. The summed E-state index contributed by atoms with van der Waals surface area (Å²) in [7, 11) is 2.21. The molecule has 32 heavy (non-hydrogen) atoms. The van der Waals surface area contributed by atoms with E-state index in [1.807, 2.05) is 0 Å². The molecule has 0 spiro atoms. The minimum Gasteiger partial charge on any atom is -0.344 e. The van der Waals surface area contributed by atoms with Gasteiger partial charge in [0, 0.05) is 45.5 Å². The number of benzene rings is 3. The van der Waals surface area contributed by atoms with E-state index in [2.05, 4.69) is 115 Å². The lowest BCUT2D eigenvalue weighted by atomic mass is 9.88. The van der Waals surface area contributed by atoms with Crippen molar-refractivity contribution in [2.24, 2.45) is 7.05 Å². The van der Waals surface area contributed by atoms with E-state index in [0.717, 1.165) is 6.54 Å². The van der Waals surface area contributed by atoms with Crippen molar-refractivity contribution in [3.05, 3.63) is 83.7 Å². The first-order valence-electron chi connectivity index (χ1n) is 11.7. The number of nitrogens with zero attached hydrogens (tertiary/aromatic N) is 3. The van der Waals surface area contributed by atoms with E-state index in [1.165, 1.54) is 55.6 Å². The van der Waals surface area contributed by atoms with E-state index in [1.54, 1.807) is 0 Å². The molecule has 0 aliphatic carbocycles. The van der Waals surface area contributed by atoms with Gasteiger partial charge < -0.3 is 4.57 Å². The number of hydrogen-bond donors (Lipinski definition) is 0. The van der Waals surface area contributed by atoms with E-state index in [9.17, 15) is 0 Å². The van der Waals surface area contributed by atoms with Gasteiger partial charge in [-0.05, 0) is 30.0 Å². The molecular formula is C29H30N3+. The van der Waals surface area contributed by atoms with Crippen LogP contribution in [-0.4, -0.2) is 9.13 Å². The molecule has 6 rings (SSSR count). The maximum Gasteiger partial charge on any atom is 0.294 e. The third kappa shape index (κ3) is 2.51. The quantitative estimate of drug-likeness (QED) is 0.283. The van der Waals surface area contributed by atoms with Crippen LogP contribution >= 0.6 is 0 Å². The molecule has 3 aromatic carbocycles. The lowest BCUT2D eigenvalue weighted by Crippen LogP contribution is -2.30. The van der Waals surface area contributed by atoms with Crippen molar-refractivity contribution in [2.75, 3.05) is 0 Å². The first-order chi connectivity index (χ1) is 15.5. The van der Waals surface area contributed by atoms with Crippen molar-refractivity contribution in [1.29, 1.82) is 0 Å². The van der Waals surface area contributed by atoms with E-state index in [0.29, 0.717) is 11.8 Å². The Labute approximate surface area is 189 Å². The first kappa shape index (κ1) is 19.4. The van der Waals surface area contributed by atoms with Gasteiger partial charge in [0.1, 0.15) is 24.6 Å². The maximum atomic E-state index is 2.47. The molecule has 0 saturated carbocycles. The Morgan fingerprint density at radius 1 is 0.875 bits per heavy atom. The second-order valence-electron chi connectivity index (χ2n) is 9.78.